The number of anilines is 1. The zero-order chi connectivity index (χ0) is 20.6. The minimum atomic E-state index is -3.53. The van der Waals surface area contributed by atoms with Gasteiger partial charge in [0.2, 0.25) is 10.0 Å². The second kappa shape index (κ2) is 10.6. The van der Waals surface area contributed by atoms with Gasteiger partial charge in [0.25, 0.3) is 5.91 Å². The fourth-order valence-electron chi connectivity index (χ4n) is 3.46. The molecule has 1 aromatic rings. The van der Waals surface area contributed by atoms with Gasteiger partial charge in [0.15, 0.2) is 6.61 Å². The van der Waals surface area contributed by atoms with E-state index in [9.17, 15) is 18.0 Å². The molecule has 1 aliphatic rings. The first-order chi connectivity index (χ1) is 13.4. The predicted molar refractivity (Wildman–Crippen MR) is 107 cm³/mol. The molecule has 0 radical (unpaired) electrons. The van der Waals surface area contributed by atoms with Gasteiger partial charge in [0, 0.05) is 25.2 Å². The first-order valence-electron chi connectivity index (χ1n) is 9.92. The molecule has 28 heavy (non-hydrogen) atoms. The first-order valence-corrected chi connectivity index (χ1v) is 11.4. The van der Waals surface area contributed by atoms with Gasteiger partial charge >= 0.3 is 5.97 Å². The standard InChI is InChI=1S/C20H30N2O5S/c1-3-22(4-2)28(25,26)18-12-10-17(11-13-18)21-19(23)15-27-20(24)14-9-16-7-5-6-8-16/h10-13,16H,3-9,14-15H2,1-2H3,(H,21,23). The largest absolute Gasteiger partial charge is 0.456 e. The molecule has 7 nitrogen and oxygen atoms in total. The molecule has 0 aliphatic heterocycles. The van der Waals surface area contributed by atoms with Crippen molar-refractivity contribution in [3.05, 3.63) is 24.3 Å². The molecule has 2 rings (SSSR count). The highest BCUT2D eigenvalue weighted by Crippen LogP contribution is 2.28. The molecule has 0 atom stereocenters. The molecule has 1 fully saturated rings. The van der Waals surface area contributed by atoms with Gasteiger partial charge < -0.3 is 10.1 Å². The summed E-state index contributed by atoms with van der Waals surface area (Å²) in [7, 11) is -3.53. The molecule has 0 unspecified atom stereocenters. The lowest BCUT2D eigenvalue weighted by atomic mass is 10.0. The van der Waals surface area contributed by atoms with Crippen molar-refractivity contribution in [1.82, 2.24) is 4.31 Å². The van der Waals surface area contributed by atoms with Crippen LogP contribution in [0.25, 0.3) is 0 Å². The van der Waals surface area contributed by atoms with Gasteiger partial charge in [-0.05, 0) is 36.6 Å². The van der Waals surface area contributed by atoms with Crippen molar-refractivity contribution >= 4 is 27.6 Å². The van der Waals surface area contributed by atoms with Crippen molar-refractivity contribution in [1.29, 1.82) is 0 Å². The molecule has 1 N–H and O–H groups in total. The van der Waals surface area contributed by atoms with E-state index in [-0.39, 0.29) is 17.5 Å². The van der Waals surface area contributed by atoms with Crippen LogP contribution in [0.2, 0.25) is 0 Å². The molecular weight excluding hydrogens is 380 g/mol. The van der Waals surface area contributed by atoms with E-state index in [1.54, 1.807) is 13.8 Å². The van der Waals surface area contributed by atoms with Crippen LogP contribution in [0.15, 0.2) is 29.2 Å². The van der Waals surface area contributed by atoms with Crippen LogP contribution in [0.3, 0.4) is 0 Å². The number of rotatable bonds is 10. The van der Waals surface area contributed by atoms with E-state index in [0.29, 0.717) is 31.1 Å². The number of hydrogen-bond acceptors (Lipinski definition) is 5. The number of sulfonamides is 1. The third-order valence-corrected chi connectivity index (χ3v) is 7.14. The van der Waals surface area contributed by atoms with Crippen molar-refractivity contribution in [2.45, 2.75) is 57.3 Å². The average Bonchev–Trinajstić information content (AvgIpc) is 3.19. The lowest BCUT2D eigenvalue weighted by Gasteiger charge is -2.18. The Hall–Kier alpha value is -1.93. The van der Waals surface area contributed by atoms with Gasteiger partial charge in [0.05, 0.1) is 4.90 Å². The van der Waals surface area contributed by atoms with E-state index >= 15 is 0 Å². The van der Waals surface area contributed by atoms with Gasteiger partial charge in [-0.15, -0.1) is 0 Å². The number of carbonyl (C=O) groups is 2. The van der Waals surface area contributed by atoms with Crippen molar-refractivity contribution in [2.24, 2.45) is 5.92 Å². The Morgan fingerprint density at radius 2 is 1.71 bits per heavy atom. The average molecular weight is 411 g/mol. The SMILES string of the molecule is CCN(CC)S(=O)(=O)c1ccc(NC(=O)COC(=O)CCC2CCCC2)cc1. The number of nitrogens with one attached hydrogen (secondary N) is 1. The van der Waals surface area contributed by atoms with Gasteiger partial charge in [-0.2, -0.15) is 4.31 Å². The van der Waals surface area contributed by atoms with Crippen molar-refractivity contribution in [3.8, 4) is 0 Å². The van der Waals surface area contributed by atoms with Gasteiger partial charge in [-0.25, -0.2) is 8.42 Å². The number of nitrogens with zero attached hydrogens (tertiary/aromatic N) is 1. The summed E-state index contributed by atoms with van der Waals surface area (Å²) < 4.78 is 31.3. The Labute approximate surface area is 167 Å². The van der Waals surface area contributed by atoms with Crippen molar-refractivity contribution in [2.75, 3.05) is 25.0 Å². The minimum absolute atomic E-state index is 0.174. The lowest BCUT2D eigenvalue weighted by Crippen LogP contribution is -2.30. The summed E-state index contributed by atoms with van der Waals surface area (Å²) in [6.45, 7) is 4.01. The zero-order valence-electron chi connectivity index (χ0n) is 16.6. The second-order valence-corrected chi connectivity index (χ2v) is 8.95. The number of hydrogen-bond donors (Lipinski definition) is 1. The molecule has 1 amide bonds. The number of esters is 1. The quantitative estimate of drug-likeness (QED) is 0.598. The van der Waals surface area contributed by atoms with Gasteiger partial charge in [0.1, 0.15) is 0 Å². The predicted octanol–water partition coefficient (Wildman–Crippen LogP) is 3.17. The summed E-state index contributed by atoms with van der Waals surface area (Å²) in [5.74, 6) is -0.205. The third-order valence-electron chi connectivity index (χ3n) is 5.08. The van der Waals surface area contributed by atoms with E-state index in [1.165, 1.54) is 54.3 Å². The van der Waals surface area contributed by atoms with Crippen LogP contribution in [0.5, 0.6) is 0 Å². The lowest BCUT2D eigenvalue weighted by molar-refractivity contribution is -0.147. The van der Waals surface area contributed by atoms with Crippen molar-refractivity contribution < 1.29 is 22.7 Å². The maximum atomic E-state index is 12.4. The molecule has 1 aromatic carbocycles. The Morgan fingerprint density at radius 3 is 2.29 bits per heavy atom. The van der Waals surface area contributed by atoms with E-state index in [1.807, 2.05) is 0 Å². The summed E-state index contributed by atoms with van der Waals surface area (Å²) in [6, 6.07) is 5.96. The van der Waals surface area contributed by atoms with E-state index in [0.717, 1.165) is 6.42 Å². The monoisotopic (exact) mass is 410 g/mol. The number of benzene rings is 1. The fraction of sp³-hybridized carbons (Fsp3) is 0.600. The molecule has 1 aliphatic carbocycles. The Balaban J connectivity index is 1.79. The fourth-order valence-corrected chi connectivity index (χ4v) is 4.92. The van der Waals surface area contributed by atoms with E-state index in [2.05, 4.69) is 5.32 Å². The summed E-state index contributed by atoms with van der Waals surface area (Å²) in [5.41, 5.74) is 0.450. The normalized spacial score (nSPS) is 15.0. The summed E-state index contributed by atoms with van der Waals surface area (Å²) in [4.78, 5) is 23.9. The summed E-state index contributed by atoms with van der Waals surface area (Å²) in [5, 5.41) is 2.61. The minimum Gasteiger partial charge on any atom is -0.456 e. The molecule has 0 heterocycles. The van der Waals surface area contributed by atoms with E-state index in [4.69, 9.17) is 4.74 Å². The highest BCUT2D eigenvalue weighted by atomic mass is 32.2. The summed E-state index contributed by atoms with van der Waals surface area (Å²) in [6.07, 6.45) is 5.98. The van der Waals surface area contributed by atoms with E-state index < -0.39 is 15.9 Å². The Kier molecular flexibility index (Phi) is 8.44. The third kappa shape index (κ3) is 6.31. The first kappa shape index (κ1) is 22.4. The molecule has 156 valence electrons. The molecule has 0 saturated heterocycles. The van der Waals surface area contributed by atoms with Crippen LogP contribution in [-0.4, -0.2) is 44.3 Å². The number of ether oxygens (including phenoxy) is 1. The molecular formula is C20H30N2O5S. The van der Waals surface area contributed by atoms with Crippen molar-refractivity contribution in [3.63, 3.8) is 0 Å². The molecule has 0 bridgehead atoms. The molecule has 0 aromatic heterocycles. The smallest absolute Gasteiger partial charge is 0.306 e. The maximum Gasteiger partial charge on any atom is 0.306 e. The van der Waals surface area contributed by atoms with Gasteiger partial charge in [-0.3, -0.25) is 9.59 Å². The molecule has 8 heteroatoms. The highest BCUT2D eigenvalue weighted by Gasteiger charge is 2.21. The zero-order valence-corrected chi connectivity index (χ0v) is 17.5. The molecule has 1 saturated carbocycles. The summed E-state index contributed by atoms with van der Waals surface area (Å²) >= 11 is 0. The van der Waals surface area contributed by atoms with Crippen LogP contribution in [-0.2, 0) is 24.3 Å². The Bertz CT molecular complexity index is 751. The van der Waals surface area contributed by atoms with Crippen LogP contribution in [0, 0.1) is 5.92 Å². The number of amides is 1. The van der Waals surface area contributed by atoms with Gasteiger partial charge in [-0.1, -0.05) is 39.5 Å². The topological polar surface area (TPSA) is 92.8 Å². The maximum absolute atomic E-state index is 12.4. The number of carbonyl (C=O) groups excluding carboxylic acids is 2. The van der Waals surface area contributed by atoms with Crippen LogP contribution in [0.1, 0.15) is 52.4 Å². The van der Waals surface area contributed by atoms with Crippen LogP contribution >= 0.6 is 0 Å². The molecule has 0 spiro atoms. The Morgan fingerprint density at radius 1 is 1.11 bits per heavy atom. The van der Waals surface area contributed by atoms with Crippen LogP contribution in [0.4, 0.5) is 5.69 Å². The highest BCUT2D eigenvalue weighted by molar-refractivity contribution is 7.89. The van der Waals surface area contributed by atoms with Crippen LogP contribution < -0.4 is 5.32 Å². The second-order valence-electron chi connectivity index (χ2n) is 7.01.